The number of nitrogens with zero attached hydrogens (tertiary/aromatic N) is 3. The number of fused-ring (bicyclic) bond motifs is 1. The summed E-state index contributed by atoms with van der Waals surface area (Å²) in [5, 5.41) is 26.1. The summed E-state index contributed by atoms with van der Waals surface area (Å²) < 4.78 is 12.5. The molecule has 0 aromatic carbocycles. The zero-order valence-corrected chi connectivity index (χ0v) is 14.5. The third kappa shape index (κ3) is 2.46. The number of ether oxygens (including phenoxy) is 2. The summed E-state index contributed by atoms with van der Waals surface area (Å²) in [5.74, 6) is -0.0805. The molecule has 26 heavy (non-hydrogen) atoms. The van der Waals surface area contributed by atoms with E-state index >= 15 is 0 Å². The Hall–Kier alpha value is -2.23. The van der Waals surface area contributed by atoms with Crippen molar-refractivity contribution in [1.29, 1.82) is 0 Å². The van der Waals surface area contributed by atoms with Crippen molar-refractivity contribution in [2.75, 3.05) is 18.9 Å². The summed E-state index contributed by atoms with van der Waals surface area (Å²) in [4.78, 5) is 15.9. The van der Waals surface area contributed by atoms with Gasteiger partial charge in [0.15, 0.2) is 11.4 Å². The van der Waals surface area contributed by atoms with Crippen LogP contribution in [0.15, 0.2) is 18.5 Å². The molecule has 0 radical (unpaired) electrons. The van der Waals surface area contributed by atoms with E-state index in [1.165, 1.54) is 10.8 Å². The van der Waals surface area contributed by atoms with Crippen LogP contribution in [0.3, 0.4) is 0 Å². The van der Waals surface area contributed by atoms with Crippen LogP contribution < -0.4 is 5.73 Å². The van der Waals surface area contributed by atoms with Crippen LogP contribution in [0.4, 0.5) is 5.82 Å². The number of hydrogen-bond acceptors (Lipinski definition) is 8. The Morgan fingerprint density at radius 3 is 2.96 bits per heavy atom. The van der Waals surface area contributed by atoms with E-state index in [0.29, 0.717) is 11.2 Å². The second kappa shape index (κ2) is 5.90. The number of carbonyl (C=O) groups is 1. The minimum atomic E-state index is -1.72. The third-order valence-corrected chi connectivity index (χ3v) is 5.52. The Balaban J connectivity index is 1.57. The van der Waals surface area contributed by atoms with E-state index in [1.54, 1.807) is 19.1 Å². The summed E-state index contributed by atoms with van der Waals surface area (Å²) >= 11 is 0. The number of rotatable bonds is 4. The Kier molecular flexibility index (Phi) is 3.90. The monoisotopic (exact) mass is 362 g/mol. The molecular weight excluding hydrogens is 340 g/mol. The lowest BCUT2D eigenvalue weighted by atomic mass is 9.85. The Morgan fingerprint density at radius 1 is 1.50 bits per heavy atom. The highest BCUT2D eigenvalue weighted by atomic mass is 16.6. The number of nitrogens with two attached hydrogens (primary N) is 1. The molecule has 1 aliphatic carbocycles. The van der Waals surface area contributed by atoms with Crippen molar-refractivity contribution in [2.24, 2.45) is 5.92 Å². The summed E-state index contributed by atoms with van der Waals surface area (Å²) in [7, 11) is 0. The lowest BCUT2D eigenvalue weighted by Gasteiger charge is -2.32. The van der Waals surface area contributed by atoms with E-state index in [2.05, 4.69) is 10.1 Å². The molecule has 2 aromatic rings. The van der Waals surface area contributed by atoms with Crippen LogP contribution in [0.2, 0.25) is 0 Å². The second-order valence-electron chi connectivity index (χ2n) is 7.32. The molecule has 0 amide bonds. The maximum absolute atomic E-state index is 12.0. The molecule has 140 valence electrons. The van der Waals surface area contributed by atoms with Gasteiger partial charge in [0.2, 0.25) is 0 Å². The van der Waals surface area contributed by atoms with Gasteiger partial charge in [0, 0.05) is 0 Å². The SMILES string of the molecule is C[C@]1(COC(=O)C2CCC2)OC[C@](O)(c2ccc3c(N)ncnn23)[C@@H]1O. The molecule has 1 saturated carbocycles. The van der Waals surface area contributed by atoms with Crippen LogP contribution in [0.25, 0.3) is 5.52 Å². The van der Waals surface area contributed by atoms with Gasteiger partial charge in [-0.2, -0.15) is 5.10 Å². The van der Waals surface area contributed by atoms with Crippen LogP contribution in [-0.2, 0) is 19.9 Å². The van der Waals surface area contributed by atoms with E-state index in [1.807, 2.05) is 0 Å². The summed E-state index contributed by atoms with van der Waals surface area (Å²) in [6.07, 6.45) is 2.65. The van der Waals surface area contributed by atoms with E-state index in [4.69, 9.17) is 15.2 Å². The second-order valence-corrected chi connectivity index (χ2v) is 7.32. The highest BCUT2D eigenvalue weighted by molar-refractivity contribution is 5.73. The number of aromatic nitrogens is 3. The van der Waals surface area contributed by atoms with Crippen LogP contribution in [0.1, 0.15) is 31.9 Å². The Bertz CT molecular complexity index is 851. The molecule has 0 spiro atoms. The fraction of sp³-hybridized carbons (Fsp3) is 0.588. The van der Waals surface area contributed by atoms with E-state index in [9.17, 15) is 15.0 Å². The predicted molar refractivity (Wildman–Crippen MR) is 90.0 cm³/mol. The number of nitrogen functional groups attached to an aromatic ring is 1. The van der Waals surface area contributed by atoms with E-state index in [-0.39, 0.29) is 30.9 Å². The van der Waals surface area contributed by atoms with Crippen LogP contribution in [-0.4, -0.2) is 55.7 Å². The first-order valence-electron chi connectivity index (χ1n) is 8.65. The molecule has 9 heteroatoms. The van der Waals surface area contributed by atoms with Gasteiger partial charge < -0.3 is 25.4 Å². The number of anilines is 1. The molecule has 1 aliphatic heterocycles. The van der Waals surface area contributed by atoms with Crippen LogP contribution >= 0.6 is 0 Å². The normalized spacial score (nSPS) is 31.9. The third-order valence-electron chi connectivity index (χ3n) is 5.52. The smallest absolute Gasteiger partial charge is 0.309 e. The van der Waals surface area contributed by atoms with E-state index < -0.39 is 17.3 Å². The number of esters is 1. The number of aliphatic hydroxyl groups is 2. The summed E-state index contributed by atoms with van der Waals surface area (Å²) in [6, 6.07) is 3.29. The van der Waals surface area contributed by atoms with Crippen molar-refractivity contribution < 1.29 is 24.5 Å². The molecule has 4 rings (SSSR count). The van der Waals surface area contributed by atoms with Gasteiger partial charge in [-0.15, -0.1) is 0 Å². The van der Waals surface area contributed by atoms with Crippen molar-refractivity contribution >= 4 is 17.3 Å². The lowest BCUT2D eigenvalue weighted by molar-refractivity contribution is -0.165. The molecule has 0 unspecified atom stereocenters. The predicted octanol–water partition coefficient (Wildman–Crippen LogP) is -0.00780. The maximum atomic E-state index is 12.0. The van der Waals surface area contributed by atoms with E-state index in [0.717, 1.165) is 19.3 Å². The molecule has 1 saturated heterocycles. The largest absolute Gasteiger partial charge is 0.462 e. The Labute approximate surface area is 149 Å². The minimum Gasteiger partial charge on any atom is -0.462 e. The van der Waals surface area contributed by atoms with Crippen molar-refractivity contribution in [3.8, 4) is 0 Å². The lowest BCUT2D eigenvalue weighted by Crippen LogP contribution is -2.50. The molecule has 3 atom stereocenters. The minimum absolute atomic E-state index is 0.0646. The average Bonchev–Trinajstić information content (AvgIpc) is 3.10. The van der Waals surface area contributed by atoms with Crippen LogP contribution in [0.5, 0.6) is 0 Å². The highest BCUT2D eigenvalue weighted by Gasteiger charge is 2.58. The maximum Gasteiger partial charge on any atom is 0.309 e. The molecule has 9 nitrogen and oxygen atoms in total. The molecule has 4 N–H and O–H groups in total. The first-order valence-corrected chi connectivity index (χ1v) is 8.65. The molecule has 2 aliphatic rings. The first kappa shape index (κ1) is 17.2. The fourth-order valence-electron chi connectivity index (χ4n) is 3.53. The summed E-state index contributed by atoms with van der Waals surface area (Å²) in [5.41, 5.74) is 3.74. The van der Waals surface area contributed by atoms with Gasteiger partial charge >= 0.3 is 5.97 Å². The van der Waals surface area contributed by atoms with Gasteiger partial charge in [0.25, 0.3) is 0 Å². The van der Waals surface area contributed by atoms with Gasteiger partial charge in [0.1, 0.15) is 30.2 Å². The molecular formula is C17H22N4O5. The topological polar surface area (TPSA) is 132 Å². The number of hydrogen-bond donors (Lipinski definition) is 3. The Morgan fingerprint density at radius 2 is 2.27 bits per heavy atom. The molecule has 3 heterocycles. The average molecular weight is 362 g/mol. The quantitative estimate of drug-likeness (QED) is 0.647. The van der Waals surface area contributed by atoms with Gasteiger partial charge in [0.05, 0.1) is 18.2 Å². The van der Waals surface area contributed by atoms with Gasteiger partial charge in [-0.25, -0.2) is 9.50 Å². The fourth-order valence-corrected chi connectivity index (χ4v) is 3.53. The van der Waals surface area contributed by atoms with Crippen molar-refractivity contribution in [3.63, 3.8) is 0 Å². The first-order chi connectivity index (χ1) is 12.3. The van der Waals surface area contributed by atoms with Crippen molar-refractivity contribution in [3.05, 3.63) is 24.2 Å². The van der Waals surface area contributed by atoms with Crippen molar-refractivity contribution in [1.82, 2.24) is 14.6 Å². The zero-order chi connectivity index (χ0) is 18.5. The zero-order valence-electron chi connectivity index (χ0n) is 14.5. The highest BCUT2D eigenvalue weighted by Crippen LogP contribution is 2.41. The van der Waals surface area contributed by atoms with Gasteiger partial charge in [-0.3, -0.25) is 4.79 Å². The van der Waals surface area contributed by atoms with Gasteiger partial charge in [-0.05, 0) is 31.9 Å². The number of carbonyl (C=O) groups excluding carboxylic acids is 1. The number of aliphatic hydroxyl groups excluding tert-OH is 1. The standard InChI is InChI=1S/C17H22N4O5/c1-16(7-25-14(22)10-3-2-4-10)15(23)17(24,8-26-16)12-6-5-11-13(18)19-9-20-21(11)12/h5-6,9-10,15,23-24H,2-4,7-8H2,1H3,(H2,18,19,20)/t15-,16-,17+/m1/s1. The summed E-state index contributed by atoms with van der Waals surface area (Å²) in [6.45, 7) is 1.32. The molecule has 0 bridgehead atoms. The molecule has 2 fully saturated rings. The van der Waals surface area contributed by atoms with Gasteiger partial charge in [-0.1, -0.05) is 6.42 Å². The van der Waals surface area contributed by atoms with Crippen LogP contribution in [0, 0.1) is 5.92 Å². The van der Waals surface area contributed by atoms with Crippen molar-refractivity contribution in [2.45, 2.75) is 43.5 Å². The molecule has 2 aromatic heterocycles.